The predicted molar refractivity (Wildman–Crippen MR) is 69.0 cm³/mol. The molecule has 0 aliphatic carbocycles. The number of rotatable bonds is 5. The molecule has 0 bridgehead atoms. The molecule has 0 radical (unpaired) electrons. The van der Waals surface area contributed by atoms with Crippen LogP contribution in [0.2, 0.25) is 0 Å². The van der Waals surface area contributed by atoms with Crippen molar-refractivity contribution >= 4 is 22.1 Å². The first-order valence-corrected chi connectivity index (χ1v) is 5.72. The predicted octanol–water partition coefficient (Wildman–Crippen LogP) is 2.67. The molecule has 0 amide bonds. The maximum absolute atomic E-state index is 8.50. The zero-order valence-corrected chi connectivity index (χ0v) is 10.9. The van der Waals surface area contributed by atoms with Crippen LogP contribution in [0.1, 0.15) is 12.5 Å². The van der Waals surface area contributed by atoms with Crippen LogP contribution >= 0.6 is 15.9 Å². The summed E-state index contributed by atoms with van der Waals surface area (Å²) in [5, 5.41) is 11.5. The molecule has 17 heavy (non-hydrogen) atoms. The molecule has 5 heteroatoms. The van der Waals surface area contributed by atoms with Gasteiger partial charge in [-0.25, -0.2) is 0 Å². The molecule has 0 heterocycles. The molecule has 90 valence electrons. The Balaban J connectivity index is 3.13. The average Bonchev–Trinajstić information content (AvgIpc) is 2.29. The van der Waals surface area contributed by atoms with Gasteiger partial charge in [-0.1, -0.05) is 11.1 Å². The Kier molecular flexibility index (Phi) is 5.37. The van der Waals surface area contributed by atoms with Gasteiger partial charge in [0, 0.05) is 5.56 Å². The fourth-order valence-corrected chi connectivity index (χ4v) is 1.82. The first-order valence-electron chi connectivity index (χ1n) is 4.93. The summed E-state index contributed by atoms with van der Waals surface area (Å²) in [5.41, 5.74) is 0.691. The lowest BCUT2D eigenvalue weighted by Crippen LogP contribution is -2.01. The first kappa shape index (κ1) is 13.4. The highest BCUT2D eigenvalue weighted by molar-refractivity contribution is 9.10. The number of halogens is 1. The second-order valence-electron chi connectivity index (χ2n) is 3.00. The molecule has 1 rings (SSSR count). The van der Waals surface area contributed by atoms with E-state index in [4.69, 9.17) is 21.1 Å². The Morgan fingerprint density at radius 2 is 2.29 bits per heavy atom. The third-order valence-corrected chi connectivity index (χ3v) is 2.43. The fraction of sp³-hybridized carbons (Fsp3) is 0.250. The minimum absolute atomic E-state index is 0.159. The maximum atomic E-state index is 8.50. The lowest BCUT2D eigenvalue weighted by atomic mass is 10.2. The van der Waals surface area contributed by atoms with Crippen LogP contribution in [0.25, 0.3) is 0 Å². The average molecular weight is 298 g/mol. The lowest BCUT2D eigenvalue weighted by molar-refractivity contribution is 0.298. The normalized spacial score (nSPS) is 10.2. The van der Waals surface area contributed by atoms with Gasteiger partial charge in [-0.3, -0.25) is 0 Å². The molecular weight excluding hydrogens is 286 g/mol. The molecule has 0 spiro atoms. The maximum Gasteiger partial charge on any atom is 0.176 e. The van der Waals surface area contributed by atoms with E-state index in [9.17, 15) is 0 Å². The van der Waals surface area contributed by atoms with E-state index >= 15 is 0 Å². The van der Waals surface area contributed by atoms with Crippen LogP contribution in [-0.4, -0.2) is 24.6 Å². The van der Waals surface area contributed by atoms with E-state index in [0.29, 0.717) is 28.1 Å². The molecule has 0 aliphatic rings. The highest BCUT2D eigenvalue weighted by Crippen LogP contribution is 2.36. The number of hydrogen-bond donors (Lipinski definition) is 1. The van der Waals surface area contributed by atoms with Crippen LogP contribution in [0, 0.1) is 12.3 Å². The van der Waals surface area contributed by atoms with E-state index in [1.165, 1.54) is 6.21 Å². The van der Waals surface area contributed by atoms with Crippen molar-refractivity contribution in [1.29, 1.82) is 0 Å². The van der Waals surface area contributed by atoms with Crippen molar-refractivity contribution < 1.29 is 14.7 Å². The summed E-state index contributed by atoms with van der Waals surface area (Å²) in [6.07, 6.45) is 6.45. The van der Waals surface area contributed by atoms with E-state index in [1.54, 1.807) is 12.1 Å². The number of ether oxygens (including phenoxy) is 2. The standard InChI is InChI=1S/C12H12BrNO3/c1-3-5-17-12-10(13)6-9(8-14-15)7-11(12)16-4-2/h1,6-8,15H,4-5H2,2H3/b14-8+. The summed E-state index contributed by atoms with van der Waals surface area (Å²) < 4.78 is 11.5. The van der Waals surface area contributed by atoms with E-state index < -0.39 is 0 Å². The van der Waals surface area contributed by atoms with Crippen molar-refractivity contribution in [1.82, 2.24) is 0 Å². The van der Waals surface area contributed by atoms with Gasteiger partial charge in [0.25, 0.3) is 0 Å². The monoisotopic (exact) mass is 297 g/mol. The van der Waals surface area contributed by atoms with E-state index in [1.807, 2.05) is 6.92 Å². The highest BCUT2D eigenvalue weighted by Gasteiger charge is 2.11. The number of oxime groups is 1. The SMILES string of the molecule is C#CCOc1c(Br)cc(/C=N/O)cc1OCC. The second-order valence-corrected chi connectivity index (χ2v) is 3.85. The number of terminal acetylenes is 1. The largest absolute Gasteiger partial charge is 0.490 e. The molecule has 0 fully saturated rings. The number of nitrogens with zero attached hydrogens (tertiary/aromatic N) is 1. The van der Waals surface area contributed by atoms with Gasteiger partial charge in [0.1, 0.15) is 6.61 Å². The first-order chi connectivity index (χ1) is 8.22. The number of hydrogen-bond acceptors (Lipinski definition) is 4. The van der Waals surface area contributed by atoms with E-state index in [0.717, 1.165) is 0 Å². The molecule has 0 aromatic heterocycles. The highest BCUT2D eigenvalue weighted by atomic mass is 79.9. The minimum atomic E-state index is 0.159. The van der Waals surface area contributed by atoms with Crippen LogP contribution in [0.4, 0.5) is 0 Å². The molecule has 1 aromatic rings. The lowest BCUT2D eigenvalue weighted by Gasteiger charge is -2.12. The quantitative estimate of drug-likeness (QED) is 0.393. The van der Waals surface area contributed by atoms with Gasteiger partial charge in [0.2, 0.25) is 0 Å². The summed E-state index contributed by atoms with van der Waals surface area (Å²) in [6.45, 7) is 2.52. The van der Waals surface area contributed by atoms with Crippen molar-refractivity contribution in [2.24, 2.45) is 5.16 Å². The Morgan fingerprint density at radius 3 is 2.88 bits per heavy atom. The Bertz CT molecular complexity index is 452. The molecule has 1 N–H and O–H groups in total. The molecule has 0 atom stereocenters. The summed E-state index contributed by atoms with van der Waals surface area (Å²) >= 11 is 3.35. The molecular formula is C12H12BrNO3. The van der Waals surface area contributed by atoms with Gasteiger partial charge >= 0.3 is 0 Å². The molecule has 0 unspecified atom stereocenters. The van der Waals surface area contributed by atoms with Crippen molar-refractivity contribution in [2.75, 3.05) is 13.2 Å². The Morgan fingerprint density at radius 1 is 1.53 bits per heavy atom. The van der Waals surface area contributed by atoms with Gasteiger partial charge in [0.15, 0.2) is 11.5 Å². The Hall–Kier alpha value is -1.67. The summed E-state index contributed by atoms with van der Waals surface area (Å²) in [7, 11) is 0. The van der Waals surface area contributed by atoms with Crippen molar-refractivity contribution in [3.63, 3.8) is 0 Å². The second kappa shape index (κ2) is 6.81. The van der Waals surface area contributed by atoms with Crippen LogP contribution < -0.4 is 9.47 Å². The van der Waals surface area contributed by atoms with Gasteiger partial charge in [0.05, 0.1) is 17.3 Å². The van der Waals surface area contributed by atoms with Gasteiger partial charge in [-0.2, -0.15) is 0 Å². The molecule has 1 aromatic carbocycles. The smallest absolute Gasteiger partial charge is 0.176 e. The van der Waals surface area contributed by atoms with E-state index in [-0.39, 0.29) is 6.61 Å². The summed E-state index contributed by atoms with van der Waals surface area (Å²) in [4.78, 5) is 0. The number of benzene rings is 1. The zero-order chi connectivity index (χ0) is 12.7. The van der Waals surface area contributed by atoms with Crippen molar-refractivity contribution in [2.45, 2.75) is 6.92 Å². The fourth-order valence-electron chi connectivity index (χ4n) is 1.25. The van der Waals surface area contributed by atoms with Gasteiger partial charge < -0.3 is 14.7 Å². The third-order valence-electron chi connectivity index (χ3n) is 1.84. The molecule has 0 aliphatic heterocycles. The van der Waals surface area contributed by atoms with Crippen LogP contribution in [0.5, 0.6) is 11.5 Å². The summed E-state index contributed by atoms with van der Waals surface area (Å²) in [6, 6.07) is 3.45. The van der Waals surface area contributed by atoms with Gasteiger partial charge in [-0.05, 0) is 35.0 Å². The van der Waals surface area contributed by atoms with Crippen LogP contribution in [0.3, 0.4) is 0 Å². The molecule has 4 nitrogen and oxygen atoms in total. The van der Waals surface area contributed by atoms with Gasteiger partial charge in [-0.15, -0.1) is 6.42 Å². The van der Waals surface area contributed by atoms with Crippen LogP contribution in [0.15, 0.2) is 21.8 Å². The Labute approximate surface area is 108 Å². The zero-order valence-electron chi connectivity index (χ0n) is 9.31. The van der Waals surface area contributed by atoms with Crippen molar-refractivity contribution in [3.05, 3.63) is 22.2 Å². The minimum Gasteiger partial charge on any atom is -0.490 e. The van der Waals surface area contributed by atoms with Crippen molar-refractivity contribution in [3.8, 4) is 23.8 Å². The summed E-state index contributed by atoms with van der Waals surface area (Å²) in [5.74, 6) is 3.48. The topological polar surface area (TPSA) is 51.0 Å². The molecule has 0 saturated heterocycles. The third kappa shape index (κ3) is 3.68. The molecule has 0 saturated carbocycles. The van der Waals surface area contributed by atoms with Crippen LogP contribution in [-0.2, 0) is 0 Å². The van der Waals surface area contributed by atoms with E-state index in [2.05, 4.69) is 27.0 Å².